The normalized spacial score (nSPS) is 25.8. The summed E-state index contributed by atoms with van der Waals surface area (Å²) >= 11 is 0. The molecule has 1 saturated heterocycles. The van der Waals surface area contributed by atoms with Crippen molar-refractivity contribution in [1.82, 2.24) is 10.2 Å². The number of rotatable bonds is 7. The Labute approximate surface area is 156 Å². The molecule has 8 heteroatoms. The monoisotopic (exact) mass is 386 g/mol. The van der Waals surface area contributed by atoms with Gasteiger partial charge in [-0.05, 0) is 38.6 Å². The number of ether oxygens (including phenoxy) is 2. The van der Waals surface area contributed by atoms with Crippen LogP contribution in [0.1, 0.15) is 25.5 Å². The number of morpholine rings is 1. The first kappa shape index (κ1) is 21.1. The number of benzene rings is 1. The Bertz CT molecular complexity index is 724. The van der Waals surface area contributed by atoms with Gasteiger partial charge in [-0.1, -0.05) is 6.07 Å². The second kappa shape index (κ2) is 8.22. The van der Waals surface area contributed by atoms with E-state index in [-0.39, 0.29) is 23.6 Å². The van der Waals surface area contributed by atoms with E-state index in [0.717, 1.165) is 11.8 Å². The summed E-state index contributed by atoms with van der Waals surface area (Å²) in [5, 5.41) is 13.4. The standard InChI is InChI=1S/C18H30N2O5S/c1-13-9-25-12-18(11-21,20(13)3)10-19-14(2)15-6-7-17(26(5,22)23)16(8-15)24-4/h6-8,13-14,19,21H,9-12H2,1-5H3/t13-,14?,18+/m1/s1. The van der Waals surface area contributed by atoms with Crippen molar-refractivity contribution in [3.8, 4) is 5.75 Å². The molecule has 0 aromatic heterocycles. The molecular weight excluding hydrogens is 356 g/mol. The molecular formula is C18H30N2O5S. The van der Waals surface area contributed by atoms with Gasteiger partial charge in [-0.25, -0.2) is 8.42 Å². The average molecular weight is 387 g/mol. The summed E-state index contributed by atoms with van der Waals surface area (Å²) in [6.07, 6.45) is 1.16. The van der Waals surface area contributed by atoms with Crippen LogP contribution in [0.25, 0.3) is 0 Å². The number of hydrogen-bond donors (Lipinski definition) is 2. The molecule has 0 amide bonds. The third-order valence-electron chi connectivity index (χ3n) is 5.26. The Hall–Kier alpha value is -1.19. The van der Waals surface area contributed by atoms with E-state index < -0.39 is 15.4 Å². The fourth-order valence-corrected chi connectivity index (χ4v) is 4.03. The minimum absolute atomic E-state index is 0.0100. The topological polar surface area (TPSA) is 88.1 Å². The maximum atomic E-state index is 11.8. The Balaban J connectivity index is 2.16. The number of nitrogens with zero attached hydrogens (tertiary/aromatic N) is 1. The third-order valence-corrected chi connectivity index (χ3v) is 6.39. The average Bonchev–Trinajstić information content (AvgIpc) is 2.61. The van der Waals surface area contributed by atoms with Gasteiger partial charge in [-0.15, -0.1) is 0 Å². The molecule has 1 aliphatic rings. The van der Waals surface area contributed by atoms with Crippen molar-refractivity contribution >= 4 is 9.84 Å². The zero-order valence-corrected chi connectivity index (χ0v) is 17.0. The SMILES string of the molecule is COc1cc(C(C)NC[C@]2(CO)COC[C@@H](C)N2C)ccc1S(C)(=O)=O. The fourth-order valence-electron chi connectivity index (χ4n) is 3.21. The van der Waals surface area contributed by atoms with Crippen molar-refractivity contribution in [2.24, 2.45) is 0 Å². The zero-order chi connectivity index (χ0) is 19.5. The van der Waals surface area contributed by atoms with Crippen molar-refractivity contribution in [1.29, 1.82) is 0 Å². The second-order valence-electron chi connectivity index (χ2n) is 7.14. The lowest BCUT2D eigenvalue weighted by Gasteiger charge is -2.47. The quantitative estimate of drug-likeness (QED) is 0.718. The van der Waals surface area contributed by atoms with Crippen LogP contribution in [0.2, 0.25) is 0 Å². The molecule has 1 aromatic rings. The molecule has 0 bridgehead atoms. The molecule has 1 fully saturated rings. The smallest absolute Gasteiger partial charge is 0.179 e. The van der Waals surface area contributed by atoms with Crippen molar-refractivity contribution in [2.45, 2.75) is 36.4 Å². The predicted molar refractivity (Wildman–Crippen MR) is 100 cm³/mol. The van der Waals surface area contributed by atoms with E-state index in [9.17, 15) is 13.5 Å². The number of aliphatic hydroxyl groups excluding tert-OH is 1. The lowest BCUT2D eigenvalue weighted by molar-refractivity contribution is -0.106. The Kier molecular flexibility index (Phi) is 6.68. The van der Waals surface area contributed by atoms with Gasteiger partial charge in [-0.3, -0.25) is 4.90 Å². The summed E-state index contributed by atoms with van der Waals surface area (Å²) in [6, 6.07) is 5.27. The van der Waals surface area contributed by atoms with E-state index in [0.29, 0.717) is 25.5 Å². The van der Waals surface area contributed by atoms with Crippen LogP contribution in [0.4, 0.5) is 0 Å². The van der Waals surface area contributed by atoms with Crippen molar-refractivity contribution in [3.63, 3.8) is 0 Å². The highest BCUT2D eigenvalue weighted by molar-refractivity contribution is 7.90. The van der Waals surface area contributed by atoms with Gasteiger partial charge in [0.05, 0.1) is 32.5 Å². The Morgan fingerprint density at radius 2 is 2.19 bits per heavy atom. The second-order valence-corrected chi connectivity index (χ2v) is 9.13. The summed E-state index contributed by atoms with van der Waals surface area (Å²) in [5.74, 6) is 0.335. The Morgan fingerprint density at radius 1 is 1.50 bits per heavy atom. The van der Waals surface area contributed by atoms with E-state index in [1.165, 1.54) is 7.11 Å². The molecule has 1 unspecified atom stereocenters. The summed E-state index contributed by atoms with van der Waals surface area (Å²) < 4.78 is 34.6. The van der Waals surface area contributed by atoms with E-state index in [2.05, 4.69) is 17.1 Å². The lowest BCUT2D eigenvalue weighted by atomic mass is 9.95. The molecule has 0 radical (unpaired) electrons. The summed E-state index contributed by atoms with van der Waals surface area (Å²) in [7, 11) is 0.114. The van der Waals surface area contributed by atoms with Crippen LogP contribution < -0.4 is 10.1 Å². The van der Waals surface area contributed by atoms with Gasteiger partial charge in [0.2, 0.25) is 0 Å². The van der Waals surface area contributed by atoms with Crippen molar-refractivity contribution < 1.29 is 23.0 Å². The highest BCUT2D eigenvalue weighted by Crippen LogP contribution is 2.28. The molecule has 0 spiro atoms. The molecule has 2 N–H and O–H groups in total. The molecule has 2 rings (SSSR count). The first-order valence-electron chi connectivity index (χ1n) is 8.67. The summed E-state index contributed by atoms with van der Waals surface area (Å²) in [4.78, 5) is 2.33. The number of sulfone groups is 1. The van der Waals surface area contributed by atoms with E-state index in [1.54, 1.807) is 18.2 Å². The number of hydrogen-bond acceptors (Lipinski definition) is 7. The maximum absolute atomic E-state index is 11.8. The molecule has 0 saturated carbocycles. The van der Waals surface area contributed by atoms with Crippen LogP contribution in [0.15, 0.2) is 23.1 Å². The van der Waals surface area contributed by atoms with E-state index in [1.807, 2.05) is 14.0 Å². The zero-order valence-electron chi connectivity index (χ0n) is 16.2. The van der Waals surface area contributed by atoms with Gasteiger partial charge >= 0.3 is 0 Å². The van der Waals surface area contributed by atoms with Crippen molar-refractivity contribution in [3.05, 3.63) is 23.8 Å². The number of nitrogens with one attached hydrogen (secondary N) is 1. The maximum Gasteiger partial charge on any atom is 0.179 e. The number of likely N-dealkylation sites (N-methyl/N-ethyl adjacent to an activating group) is 1. The van der Waals surface area contributed by atoms with Crippen LogP contribution in [-0.4, -0.2) is 76.8 Å². The summed E-state index contributed by atoms with van der Waals surface area (Å²) in [5.41, 5.74) is 0.428. The number of aliphatic hydroxyl groups is 1. The molecule has 1 aliphatic heterocycles. The largest absolute Gasteiger partial charge is 0.495 e. The first-order chi connectivity index (χ1) is 12.1. The molecule has 7 nitrogen and oxygen atoms in total. The highest BCUT2D eigenvalue weighted by atomic mass is 32.2. The lowest BCUT2D eigenvalue weighted by Crippen LogP contribution is -2.65. The van der Waals surface area contributed by atoms with Crippen molar-refractivity contribution in [2.75, 3.05) is 46.8 Å². The molecule has 1 heterocycles. The fraction of sp³-hybridized carbons (Fsp3) is 0.667. The van der Waals surface area contributed by atoms with Gasteiger partial charge in [0.1, 0.15) is 10.6 Å². The molecule has 26 heavy (non-hydrogen) atoms. The van der Waals surface area contributed by atoms with Gasteiger partial charge in [0.25, 0.3) is 0 Å². The van der Waals surface area contributed by atoms with Gasteiger partial charge in [-0.2, -0.15) is 0 Å². The van der Waals surface area contributed by atoms with Crippen LogP contribution in [0.3, 0.4) is 0 Å². The van der Waals surface area contributed by atoms with Crippen LogP contribution >= 0.6 is 0 Å². The van der Waals surface area contributed by atoms with Crippen LogP contribution in [-0.2, 0) is 14.6 Å². The van der Waals surface area contributed by atoms with E-state index >= 15 is 0 Å². The summed E-state index contributed by atoms with van der Waals surface area (Å²) in [6.45, 7) is 5.71. The molecule has 3 atom stereocenters. The molecule has 1 aromatic carbocycles. The van der Waals surface area contributed by atoms with Gasteiger partial charge < -0.3 is 19.9 Å². The minimum Gasteiger partial charge on any atom is -0.495 e. The molecule has 148 valence electrons. The predicted octanol–water partition coefficient (Wildman–Crippen LogP) is 0.831. The van der Waals surface area contributed by atoms with Gasteiger partial charge in [0.15, 0.2) is 9.84 Å². The minimum atomic E-state index is -3.35. The number of methoxy groups -OCH3 is 1. The molecule has 0 aliphatic carbocycles. The third kappa shape index (κ3) is 4.37. The first-order valence-corrected chi connectivity index (χ1v) is 10.6. The Morgan fingerprint density at radius 3 is 2.77 bits per heavy atom. The van der Waals surface area contributed by atoms with Gasteiger partial charge in [0, 0.05) is 24.9 Å². The van der Waals surface area contributed by atoms with Crippen LogP contribution in [0, 0.1) is 0 Å². The van der Waals surface area contributed by atoms with E-state index in [4.69, 9.17) is 9.47 Å². The highest BCUT2D eigenvalue weighted by Gasteiger charge is 2.40. The van der Waals surface area contributed by atoms with Crippen LogP contribution in [0.5, 0.6) is 5.75 Å².